The molecular weight excluding hydrogens is 408 g/mol. The molecule has 0 bridgehead atoms. The Hall–Kier alpha value is -3.12. The molecule has 0 unspecified atom stereocenters. The monoisotopic (exact) mass is 436 g/mol. The minimum Gasteiger partial charge on any atom is -0.346 e. The molecule has 1 atom stereocenters. The molecule has 0 spiro atoms. The first-order valence-corrected chi connectivity index (χ1v) is 12.0. The van der Waals surface area contributed by atoms with Crippen LogP contribution in [0.1, 0.15) is 45.6 Å². The lowest BCUT2D eigenvalue weighted by molar-refractivity contribution is 0.0940. The average molecular weight is 437 g/mol. The normalized spacial score (nSPS) is 12.3. The van der Waals surface area contributed by atoms with Crippen LogP contribution in [0.3, 0.4) is 0 Å². The van der Waals surface area contributed by atoms with E-state index >= 15 is 0 Å². The summed E-state index contributed by atoms with van der Waals surface area (Å²) in [6.07, 6.45) is 1.20. The van der Waals surface area contributed by atoms with E-state index in [4.69, 9.17) is 0 Å². The Labute approximate surface area is 184 Å². The predicted molar refractivity (Wildman–Crippen MR) is 126 cm³/mol. The topological polar surface area (TPSA) is 66.5 Å². The SMILES string of the molecule is Cc1ccc(N(Cc2ccc(C(=O)N[C@H](C)c3ccccc3)cc2)S(C)(=O)=O)cc1C. The van der Waals surface area contributed by atoms with Gasteiger partial charge in [-0.05, 0) is 67.3 Å². The quantitative estimate of drug-likeness (QED) is 0.581. The van der Waals surface area contributed by atoms with E-state index in [9.17, 15) is 13.2 Å². The van der Waals surface area contributed by atoms with Gasteiger partial charge in [0.1, 0.15) is 0 Å². The fourth-order valence-corrected chi connectivity index (χ4v) is 4.19. The molecule has 1 amide bonds. The fraction of sp³-hybridized carbons (Fsp3) is 0.240. The van der Waals surface area contributed by atoms with Crippen LogP contribution in [-0.2, 0) is 16.6 Å². The van der Waals surface area contributed by atoms with Gasteiger partial charge in [-0.3, -0.25) is 9.10 Å². The molecule has 0 heterocycles. The summed E-state index contributed by atoms with van der Waals surface area (Å²) in [6.45, 7) is 6.09. The second-order valence-electron chi connectivity index (χ2n) is 7.84. The van der Waals surface area contributed by atoms with Crippen LogP contribution in [0.4, 0.5) is 5.69 Å². The Kier molecular flexibility index (Phi) is 6.81. The second kappa shape index (κ2) is 9.35. The van der Waals surface area contributed by atoms with Crippen molar-refractivity contribution in [3.05, 3.63) is 101 Å². The van der Waals surface area contributed by atoms with Gasteiger partial charge in [0, 0.05) is 5.56 Å². The van der Waals surface area contributed by atoms with Crippen LogP contribution in [0, 0.1) is 13.8 Å². The Balaban J connectivity index is 1.75. The Morgan fingerprint density at radius 2 is 1.58 bits per heavy atom. The summed E-state index contributed by atoms with van der Waals surface area (Å²) in [5.74, 6) is -0.169. The number of carbonyl (C=O) groups excluding carboxylic acids is 1. The minimum atomic E-state index is -3.46. The summed E-state index contributed by atoms with van der Waals surface area (Å²) in [5.41, 5.74) is 5.14. The molecule has 3 rings (SSSR count). The summed E-state index contributed by atoms with van der Waals surface area (Å²) in [5, 5.41) is 2.99. The smallest absolute Gasteiger partial charge is 0.251 e. The Bertz CT molecular complexity index is 1160. The molecule has 0 saturated heterocycles. The summed E-state index contributed by atoms with van der Waals surface area (Å²) in [7, 11) is -3.46. The van der Waals surface area contributed by atoms with E-state index in [0.717, 1.165) is 22.3 Å². The van der Waals surface area contributed by atoms with Crippen LogP contribution in [0.5, 0.6) is 0 Å². The zero-order valence-electron chi connectivity index (χ0n) is 18.3. The van der Waals surface area contributed by atoms with Crippen molar-refractivity contribution in [3.63, 3.8) is 0 Å². The summed E-state index contributed by atoms with van der Waals surface area (Å²) >= 11 is 0. The molecule has 0 saturated carbocycles. The third-order valence-corrected chi connectivity index (χ3v) is 6.51. The first-order valence-electron chi connectivity index (χ1n) is 10.1. The summed E-state index contributed by atoms with van der Waals surface area (Å²) in [4.78, 5) is 12.6. The lowest BCUT2D eigenvalue weighted by Crippen LogP contribution is -2.29. The van der Waals surface area contributed by atoms with E-state index in [-0.39, 0.29) is 18.5 Å². The van der Waals surface area contributed by atoms with Crippen LogP contribution in [0.2, 0.25) is 0 Å². The zero-order valence-corrected chi connectivity index (χ0v) is 19.1. The number of rotatable bonds is 7. The maximum atomic E-state index is 12.6. The van der Waals surface area contributed by atoms with Gasteiger partial charge in [-0.15, -0.1) is 0 Å². The first kappa shape index (κ1) is 22.6. The largest absolute Gasteiger partial charge is 0.346 e. The zero-order chi connectivity index (χ0) is 22.6. The number of aryl methyl sites for hydroxylation is 2. The van der Waals surface area contributed by atoms with Crippen LogP contribution in [-0.4, -0.2) is 20.6 Å². The second-order valence-corrected chi connectivity index (χ2v) is 9.75. The molecule has 1 N–H and O–H groups in total. The van der Waals surface area contributed by atoms with Gasteiger partial charge in [-0.1, -0.05) is 48.5 Å². The van der Waals surface area contributed by atoms with Gasteiger partial charge in [-0.2, -0.15) is 0 Å². The molecule has 6 heteroatoms. The number of nitrogens with one attached hydrogen (secondary N) is 1. The molecule has 162 valence electrons. The summed E-state index contributed by atoms with van der Waals surface area (Å²) < 4.78 is 26.2. The number of hydrogen-bond donors (Lipinski definition) is 1. The van der Waals surface area contributed by atoms with E-state index in [1.54, 1.807) is 24.3 Å². The van der Waals surface area contributed by atoms with Crippen molar-refractivity contribution in [3.8, 4) is 0 Å². The maximum Gasteiger partial charge on any atom is 0.251 e. The average Bonchev–Trinajstić information content (AvgIpc) is 2.74. The number of carbonyl (C=O) groups is 1. The molecule has 3 aromatic carbocycles. The van der Waals surface area contributed by atoms with Gasteiger partial charge >= 0.3 is 0 Å². The highest BCUT2D eigenvalue weighted by Gasteiger charge is 2.19. The van der Waals surface area contributed by atoms with Crippen molar-refractivity contribution in [2.45, 2.75) is 33.4 Å². The molecule has 5 nitrogen and oxygen atoms in total. The Morgan fingerprint density at radius 1 is 0.935 bits per heavy atom. The molecular formula is C25H28N2O3S. The number of anilines is 1. The Morgan fingerprint density at radius 3 is 2.16 bits per heavy atom. The minimum absolute atomic E-state index is 0.112. The van der Waals surface area contributed by atoms with Gasteiger partial charge < -0.3 is 5.32 Å². The van der Waals surface area contributed by atoms with Gasteiger partial charge in [0.05, 0.1) is 24.5 Å². The van der Waals surface area contributed by atoms with E-state index in [0.29, 0.717) is 11.3 Å². The lowest BCUT2D eigenvalue weighted by Gasteiger charge is -2.23. The van der Waals surface area contributed by atoms with E-state index in [2.05, 4.69) is 5.32 Å². The molecule has 0 fully saturated rings. The number of benzene rings is 3. The molecule has 0 aliphatic rings. The van der Waals surface area contributed by atoms with Gasteiger partial charge in [0.2, 0.25) is 10.0 Å². The predicted octanol–water partition coefficient (Wildman–Crippen LogP) is 4.76. The molecule has 3 aromatic rings. The van der Waals surface area contributed by atoms with E-state index in [1.165, 1.54) is 10.6 Å². The van der Waals surface area contributed by atoms with Gasteiger partial charge in [-0.25, -0.2) is 8.42 Å². The fourth-order valence-electron chi connectivity index (χ4n) is 3.31. The van der Waals surface area contributed by atoms with Crippen LogP contribution in [0.25, 0.3) is 0 Å². The highest BCUT2D eigenvalue weighted by atomic mass is 32.2. The van der Waals surface area contributed by atoms with Crippen LogP contribution < -0.4 is 9.62 Å². The molecule has 0 aliphatic heterocycles. The third-order valence-electron chi connectivity index (χ3n) is 5.37. The van der Waals surface area contributed by atoms with Crippen molar-refractivity contribution >= 4 is 21.6 Å². The van der Waals surface area contributed by atoms with E-state index in [1.807, 2.05) is 69.3 Å². The maximum absolute atomic E-state index is 12.6. The van der Waals surface area contributed by atoms with Crippen molar-refractivity contribution in [1.82, 2.24) is 5.32 Å². The van der Waals surface area contributed by atoms with Gasteiger partial charge in [0.15, 0.2) is 0 Å². The number of nitrogens with zero attached hydrogens (tertiary/aromatic N) is 1. The van der Waals surface area contributed by atoms with Crippen molar-refractivity contribution < 1.29 is 13.2 Å². The van der Waals surface area contributed by atoms with E-state index < -0.39 is 10.0 Å². The van der Waals surface area contributed by atoms with Crippen molar-refractivity contribution in [1.29, 1.82) is 0 Å². The van der Waals surface area contributed by atoms with Crippen molar-refractivity contribution in [2.24, 2.45) is 0 Å². The molecule has 31 heavy (non-hydrogen) atoms. The van der Waals surface area contributed by atoms with Crippen molar-refractivity contribution in [2.75, 3.05) is 10.6 Å². The first-order chi connectivity index (χ1) is 14.6. The van der Waals surface area contributed by atoms with Crippen LogP contribution >= 0.6 is 0 Å². The molecule has 0 aliphatic carbocycles. The third kappa shape index (κ3) is 5.73. The standard InChI is InChI=1S/C25H28N2O3S/c1-18-10-15-24(16-19(18)2)27(31(4,29)30)17-21-11-13-23(14-12-21)25(28)26-20(3)22-8-6-5-7-9-22/h5-16,20H,17H2,1-4H3,(H,26,28)/t20-/m1/s1. The highest BCUT2D eigenvalue weighted by Crippen LogP contribution is 2.23. The summed E-state index contributed by atoms with van der Waals surface area (Å²) in [6, 6.07) is 22.3. The van der Waals surface area contributed by atoms with Crippen LogP contribution in [0.15, 0.2) is 72.8 Å². The lowest BCUT2D eigenvalue weighted by atomic mass is 10.1. The number of sulfonamides is 1. The number of amides is 1. The molecule has 0 radical (unpaired) electrons. The number of hydrogen-bond acceptors (Lipinski definition) is 3. The molecule has 0 aromatic heterocycles. The van der Waals surface area contributed by atoms with Gasteiger partial charge in [0.25, 0.3) is 5.91 Å². The highest BCUT2D eigenvalue weighted by molar-refractivity contribution is 7.92.